The second-order valence-corrected chi connectivity index (χ2v) is 8.78. The molecule has 1 unspecified atom stereocenters. The van der Waals surface area contributed by atoms with Crippen LogP contribution in [0.2, 0.25) is 0 Å². The summed E-state index contributed by atoms with van der Waals surface area (Å²) in [6, 6.07) is 15.8. The predicted octanol–water partition coefficient (Wildman–Crippen LogP) is 3.55. The molecule has 34 heavy (non-hydrogen) atoms. The van der Waals surface area contributed by atoms with Crippen molar-refractivity contribution in [2.24, 2.45) is 5.92 Å². The maximum atomic E-state index is 12.6. The highest BCUT2D eigenvalue weighted by atomic mass is 16.5. The summed E-state index contributed by atoms with van der Waals surface area (Å²) in [6.45, 7) is 4.09. The summed E-state index contributed by atoms with van der Waals surface area (Å²) in [5.41, 5.74) is 4.57. The van der Waals surface area contributed by atoms with Gasteiger partial charge in [-0.05, 0) is 28.2 Å². The number of hydrogen-bond donors (Lipinski definition) is 3. The molecular formula is C26H32N2O6. The van der Waals surface area contributed by atoms with Gasteiger partial charge in [0.15, 0.2) is 0 Å². The van der Waals surface area contributed by atoms with Crippen molar-refractivity contribution < 1.29 is 29.0 Å². The first kappa shape index (κ1) is 25.2. The van der Waals surface area contributed by atoms with Gasteiger partial charge >= 0.3 is 12.1 Å². The molecule has 0 heterocycles. The van der Waals surface area contributed by atoms with E-state index in [4.69, 9.17) is 14.6 Å². The van der Waals surface area contributed by atoms with E-state index in [0.717, 1.165) is 22.3 Å². The van der Waals surface area contributed by atoms with Crippen molar-refractivity contribution >= 4 is 18.0 Å². The van der Waals surface area contributed by atoms with Gasteiger partial charge in [0, 0.05) is 32.0 Å². The van der Waals surface area contributed by atoms with Crippen molar-refractivity contribution in [3.63, 3.8) is 0 Å². The summed E-state index contributed by atoms with van der Waals surface area (Å²) >= 11 is 0. The van der Waals surface area contributed by atoms with E-state index in [9.17, 15) is 14.4 Å². The number of ether oxygens (including phenoxy) is 2. The number of nitrogens with one attached hydrogen (secondary N) is 2. The molecular weight excluding hydrogens is 436 g/mol. The molecule has 8 nitrogen and oxygen atoms in total. The zero-order chi connectivity index (χ0) is 24.7. The standard InChI is InChI=1S/C26H32N2O6/c1-16(2)23(13-24(29)27-14-17(33-3)12-25(30)31)28-26(32)34-15-22-20-10-6-4-8-18(20)19-9-5-7-11-21(19)22/h4-11,16-17,22-23H,12-15H2,1-3H3,(H,27,29)(H,28,32)(H,30,31)/t17?,23-/m1/s1. The first-order valence-corrected chi connectivity index (χ1v) is 11.4. The van der Waals surface area contributed by atoms with Crippen molar-refractivity contribution in [2.45, 2.75) is 44.8 Å². The van der Waals surface area contributed by atoms with Crippen molar-refractivity contribution in [1.29, 1.82) is 0 Å². The van der Waals surface area contributed by atoms with Gasteiger partial charge in [0.2, 0.25) is 5.91 Å². The summed E-state index contributed by atoms with van der Waals surface area (Å²) in [4.78, 5) is 35.8. The van der Waals surface area contributed by atoms with Crippen molar-refractivity contribution in [3.05, 3.63) is 59.7 Å². The number of carbonyl (C=O) groups excluding carboxylic acids is 2. The molecule has 0 aliphatic heterocycles. The second-order valence-electron chi connectivity index (χ2n) is 8.78. The van der Waals surface area contributed by atoms with E-state index in [1.54, 1.807) is 0 Å². The summed E-state index contributed by atoms with van der Waals surface area (Å²) in [6.07, 6.45) is -1.35. The van der Waals surface area contributed by atoms with Crippen LogP contribution >= 0.6 is 0 Å². The number of hydrogen-bond acceptors (Lipinski definition) is 5. The van der Waals surface area contributed by atoms with Crippen LogP contribution < -0.4 is 10.6 Å². The molecule has 2 atom stereocenters. The molecule has 0 fully saturated rings. The Bertz CT molecular complexity index is 976. The molecule has 0 saturated heterocycles. The Morgan fingerprint density at radius 2 is 1.56 bits per heavy atom. The van der Waals surface area contributed by atoms with E-state index in [-0.39, 0.29) is 43.7 Å². The zero-order valence-electron chi connectivity index (χ0n) is 19.7. The van der Waals surface area contributed by atoms with Gasteiger partial charge in [0.25, 0.3) is 0 Å². The van der Waals surface area contributed by atoms with E-state index in [2.05, 4.69) is 34.9 Å². The number of fused-ring (bicyclic) bond motifs is 3. The minimum atomic E-state index is -1.00. The van der Waals surface area contributed by atoms with E-state index < -0.39 is 24.2 Å². The quantitative estimate of drug-likeness (QED) is 0.465. The van der Waals surface area contributed by atoms with Gasteiger partial charge in [-0.15, -0.1) is 0 Å². The molecule has 3 rings (SSSR count). The van der Waals surface area contributed by atoms with Crippen molar-refractivity contribution in [2.75, 3.05) is 20.3 Å². The normalized spacial score (nSPS) is 14.1. The van der Waals surface area contributed by atoms with E-state index in [0.29, 0.717) is 0 Å². The van der Waals surface area contributed by atoms with E-state index in [1.807, 2.05) is 38.1 Å². The van der Waals surface area contributed by atoms with Crippen LogP contribution in [0.25, 0.3) is 11.1 Å². The van der Waals surface area contributed by atoms with Crippen LogP contribution in [0.15, 0.2) is 48.5 Å². The fraction of sp³-hybridized carbons (Fsp3) is 0.423. The number of aliphatic carboxylic acids is 1. The lowest BCUT2D eigenvalue weighted by Gasteiger charge is -2.23. The Hall–Kier alpha value is -3.39. The predicted molar refractivity (Wildman–Crippen MR) is 128 cm³/mol. The zero-order valence-corrected chi connectivity index (χ0v) is 19.7. The number of alkyl carbamates (subject to hydrolysis) is 1. The lowest BCUT2D eigenvalue weighted by Crippen LogP contribution is -2.44. The third-order valence-corrected chi connectivity index (χ3v) is 6.12. The topological polar surface area (TPSA) is 114 Å². The minimum absolute atomic E-state index is 0.0107. The third kappa shape index (κ3) is 6.35. The van der Waals surface area contributed by atoms with Crippen LogP contribution in [0.5, 0.6) is 0 Å². The van der Waals surface area contributed by atoms with Gasteiger partial charge < -0.3 is 25.2 Å². The molecule has 2 aromatic rings. The smallest absolute Gasteiger partial charge is 0.407 e. The highest BCUT2D eigenvalue weighted by Gasteiger charge is 2.29. The van der Waals surface area contributed by atoms with Crippen LogP contribution in [0.4, 0.5) is 4.79 Å². The van der Waals surface area contributed by atoms with Crippen molar-refractivity contribution in [1.82, 2.24) is 10.6 Å². The monoisotopic (exact) mass is 468 g/mol. The number of methoxy groups -OCH3 is 1. The van der Waals surface area contributed by atoms with Gasteiger partial charge in [0.05, 0.1) is 12.5 Å². The number of amides is 2. The first-order chi connectivity index (χ1) is 16.3. The molecule has 2 aromatic carbocycles. The molecule has 0 radical (unpaired) electrons. The highest BCUT2D eigenvalue weighted by Crippen LogP contribution is 2.44. The van der Waals surface area contributed by atoms with Crippen LogP contribution in [0.3, 0.4) is 0 Å². The average molecular weight is 469 g/mol. The number of rotatable bonds is 11. The minimum Gasteiger partial charge on any atom is -0.481 e. The number of carboxylic acid groups (broad SMARTS) is 1. The fourth-order valence-corrected chi connectivity index (χ4v) is 4.18. The molecule has 0 saturated carbocycles. The van der Waals surface area contributed by atoms with Crippen LogP contribution in [-0.2, 0) is 19.1 Å². The summed E-state index contributed by atoms with van der Waals surface area (Å²) in [5, 5.41) is 14.4. The van der Waals surface area contributed by atoms with Gasteiger partial charge in [-0.25, -0.2) is 4.79 Å². The Labute approximate surface area is 199 Å². The van der Waals surface area contributed by atoms with Gasteiger partial charge in [-0.1, -0.05) is 62.4 Å². The lowest BCUT2D eigenvalue weighted by atomic mass is 9.98. The molecule has 0 bridgehead atoms. The van der Waals surface area contributed by atoms with E-state index in [1.165, 1.54) is 7.11 Å². The van der Waals surface area contributed by atoms with Crippen LogP contribution in [0, 0.1) is 5.92 Å². The van der Waals surface area contributed by atoms with Gasteiger partial charge in [-0.3, -0.25) is 9.59 Å². The molecule has 2 amide bonds. The Morgan fingerprint density at radius 3 is 2.09 bits per heavy atom. The molecule has 1 aliphatic carbocycles. The van der Waals surface area contributed by atoms with Crippen molar-refractivity contribution in [3.8, 4) is 11.1 Å². The number of carbonyl (C=O) groups is 3. The molecule has 1 aliphatic rings. The summed E-state index contributed by atoms with van der Waals surface area (Å²) in [7, 11) is 1.40. The van der Waals surface area contributed by atoms with Gasteiger partial charge in [-0.2, -0.15) is 0 Å². The number of carboxylic acids is 1. The Kier molecular flexibility index (Phi) is 8.65. The largest absolute Gasteiger partial charge is 0.481 e. The SMILES string of the molecule is COC(CNC(=O)C[C@@H](NC(=O)OCC1c2ccccc2-c2ccccc21)C(C)C)CC(=O)O. The molecule has 0 aromatic heterocycles. The molecule has 3 N–H and O–H groups in total. The molecule has 8 heteroatoms. The highest BCUT2D eigenvalue weighted by molar-refractivity contribution is 5.79. The van der Waals surface area contributed by atoms with E-state index >= 15 is 0 Å². The lowest BCUT2D eigenvalue weighted by molar-refractivity contribution is -0.140. The molecule has 182 valence electrons. The third-order valence-electron chi connectivity index (χ3n) is 6.12. The van der Waals surface area contributed by atoms with Crippen LogP contribution in [-0.4, -0.2) is 55.5 Å². The number of benzene rings is 2. The maximum Gasteiger partial charge on any atom is 0.407 e. The fourth-order valence-electron chi connectivity index (χ4n) is 4.18. The van der Waals surface area contributed by atoms with Gasteiger partial charge in [0.1, 0.15) is 6.61 Å². The van der Waals surface area contributed by atoms with Crippen LogP contribution in [0.1, 0.15) is 43.7 Å². The Balaban J connectivity index is 1.54. The maximum absolute atomic E-state index is 12.6. The summed E-state index contributed by atoms with van der Waals surface area (Å²) < 4.78 is 10.7. The Morgan fingerprint density at radius 1 is 0.971 bits per heavy atom. The second kappa shape index (κ2) is 11.7. The summed E-state index contributed by atoms with van der Waals surface area (Å²) in [5.74, 6) is -1.36. The first-order valence-electron chi connectivity index (χ1n) is 11.4. The average Bonchev–Trinajstić information content (AvgIpc) is 3.13. The molecule has 0 spiro atoms.